The first kappa shape index (κ1) is 12.3. The average Bonchev–Trinajstić information content (AvgIpc) is 2.69. The third-order valence-corrected chi connectivity index (χ3v) is 4.39. The van der Waals surface area contributed by atoms with Crippen LogP contribution in [0.15, 0.2) is 18.2 Å². The molecule has 0 saturated carbocycles. The predicted molar refractivity (Wildman–Crippen MR) is 74.9 cm³/mol. The van der Waals surface area contributed by atoms with E-state index in [2.05, 4.69) is 20.9 Å². The maximum Gasteiger partial charge on any atom is 0.270 e. The number of carbonyl (C=O) groups is 1. The van der Waals surface area contributed by atoms with Gasteiger partial charge in [-0.25, -0.2) is 0 Å². The number of hydrogen-bond donors (Lipinski definition) is 1. The van der Waals surface area contributed by atoms with Crippen LogP contribution in [0.4, 0.5) is 5.69 Å². The van der Waals surface area contributed by atoms with Gasteiger partial charge < -0.3 is 4.98 Å². The van der Waals surface area contributed by atoms with Crippen LogP contribution in [-0.2, 0) is 6.42 Å². The number of aromatic nitrogens is 1. The minimum atomic E-state index is -0.412. The number of aromatic amines is 1. The Morgan fingerprint density at radius 1 is 1.42 bits per heavy atom. The lowest BCUT2D eigenvalue weighted by Crippen LogP contribution is -2.13. The van der Waals surface area contributed by atoms with Gasteiger partial charge in [0.1, 0.15) is 0 Å². The Balaban J connectivity index is 2.24. The van der Waals surface area contributed by atoms with Crippen molar-refractivity contribution >= 4 is 38.3 Å². The van der Waals surface area contributed by atoms with Crippen LogP contribution in [0.3, 0.4) is 0 Å². The molecule has 5 nitrogen and oxygen atoms in total. The summed E-state index contributed by atoms with van der Waals surface area (Å²) in [6.07, 6.45) is 2.45. The Hall–Kier alpha value is -1.69. The van der Waals surface area contributed by atoms with Crippen molar-refractivity contribution < 1.29 is 9.72 Å². The molecule has 0 amide bonds. The third kappa shape index (κ3) is 1.96. The number of nitro groups is 1. The number of rotatable bonds is 1. The van der Waals surface area contributed by atoms with Crippen molar-refractivity contribution in [2.75, 3.05) is 0 Å². The maximum atomic E-state index is 12.2. The molecule has 0 aliphatic heterocycles. The second-order valence-electron chi connectivity index (χ2n) is 4.69. The summed E-state index contributed by atoms with van der Waals surface area (Å²) in [5.41, 5.74) is 2.34. The number of alkyl halides is 1. The van der Waals surface area contributed by atoms with Crippen LogP contribution < -0.4 is 0 Å². The SMILES string of the molecule is O=C1c2[nH]c3ccc([N+](=O)[O-])cc3c2CCCC1Br. The molecule has 19 heavy (non-hydrogen) atoms. The number of halogens is 1. The van der Waals surface area contributed by atoms with E-state index in [0.29, 0.717) is 5.69 Å². The highest BCUT2D eigenvalue weighted by atomic mass is 79.9. The molecule has 0 bridgehead atoms. The first-order chi connectivity index (χ1) is 9.08. The number of fused-ring (bicyclic) bond motifs is 3. The number of nitro benzene ring substituents is 1. The largest absolute Gasteiger partial charge is 0.352 e. The highest BCUT2D eigenvalue weighted by Crippen LogP contribution is 2.32. The Morgan fingerprint density at radius 2 is 2.21 bits per heavy atom. The lowest BCUT2D eigenvalue weighted by Gasteiger charge is -2.02. The second kappa shape index (κ2) is 4.45. The molecule has 0 fully saturated rings. The van der Waals surface area contributed by atoms with Gasteiger partial charge in [0.2, 0.25) is 0 Å². The molecule has 1 atom stereocenters. The van der Waals surface area contributed by atoms with Crippen LogP contribution in [0.5, 0.6) is 0 Å². The number of nitrogens with one attached hydrogen (secondary N) is 1. The quantitative estimate of drug-likeness (QED) is 0.378. The van der Waals surface area contributed by atoms with Gasteiger partial charge in [0, 0.05) is 23.0 Å². The van der Waals surface area contributed by atoms with Crippen molar-refractivity contribution in [2.24, 2.45) is 0 Å². The minimum absolute atomic E-state index is 0.0337. The summed E-state index contributed by atoms with van der Waals surface area (Å²) < 4.78 is 0. The van der Waals surface area contributed by atoms with Gasteiger partial charge >= 0.3 is 0 Å². The van der Waals surface area contributed by atoms with Gasteiger partial charge in [-0.1, -0.05) is 15.9 Å². The molecule has 3 rings (SSSR count). The molecular formula is C13H11BrN2O3. The number of non-ortho nitro benzene ring substituents is 1. The van der Waals surface area contributed by atoms with E-state index in [0.717, 1.165) is 35.7 Å². The number of carbonyl (C=O) groups excluding carboxylic acids is 1. The highest BCUT2D eigenvalue weighted by molar-refractivity contribution is 9.10. The molecule has 1 aliphatic rings. The number of benzene rings is 1. The van der Waals surface area contributed by atoms with Gasteiger partial charge in [0.15, 0.2) is 5.78 Å². The standard InChI is InChI=1S/C13H11BrN2O3/c14-10-3-1-2-8-9-6-7(16(18)19)4-5-11(9)15-12(8)13(10)17/h4-6,10,15H,1-3H2. The number of ketones is 1. The van der Waals surface area contributed by atoms with Crippen LogP contribution in [-0.4, -0.2) is 20.5 Å². The van der Waals surface area contributed by atoms with Crippen molar-refractivity contribution in [3.63, 3.8) is 0 Å². The van der Waals surface area contributed by atoms with E-state index in [-0.39, 0.29) is 16.3 Å². The zero-order valence-corrected chi connectivity index (χ0v) is 11.6. The van der Waals surface area contributed by atoms with Gasteiger partial charge in [-0.05, 0) is 30.9 Å². The van der Waals surface area contributed by atoms with E-state index in [9.17, 15) is 14.9 Å². The second-order valence-corrected chi connectivity index (χ2v) is 5.79. The summed E-state index contributed by atoms with van der Waals surface area (Å²) in [5, 5.41) is 11.6. The lowest BCUT2D eigenvalue weighted by molar-refractivity contribution is -0.384. The lowest BCUT2D eigenvalue weighted by atomic mass is 10.1. The van der Waals surface area contributed by atoms with Crippen molar-refractivity contribution in [1.29, 1.82) is 0 Å². The summed E-state index contributed by atoms with van der Waals surface area (Å²) in [7, 11) is 0. The molecule has 0 spiro atoms. The fourth-order valence-corrected chi connectivity index (χ4v) is 3.12. The molecule has 1 heterocycles. The van der Waals surface area contributed by atoms with Gasteiger partial charge in [0.25, 0.3) is 5.69 Å². The van der Waals surface area contributed by atoms with E-state index >= 15 is 0 Å². The topological polar surface area (TPSA) is 76.0 Å². The van der Waals surface area contributed by atoms with Gasteiger partial charge in [-0.3, -0.25) is 14.9 Å². The zero-order valence-electron chi connectivity index (χ0n) is 9.98. The molecule has 1 aromatic carbocycles. The molecule has 98 valence electrons. The summed E-state index contributed by atoms with van der Waals surface area (Å²) in [6.45, 7) is 0. The Labute approximate surface area is 117 Å². The highest BCUT2D eigenvalue weighted by Gasteiger charge is 2.27. The zero-order chi connectivity index (χ0) is 13.6. The first-order valence-corrected chi connectivity index (χ1v) is 6.97. The monoisotopic (exact) mass is 322 g/mol. The predicted octanol–water partition coefficient (Wildman–Crippen LogP) is 3.36. The summed E-state index contributed by atoms with van der Waals surface area (Å²) in [4.78, 5) is 25.6. The van der Waals surface area contributed by atoms with Crippen molar-refractivity contribution in [2.45, 2.75) is 24.1 Å². The molecule has 0 radical (unpaired) electrons. The molecule has 1 N–H and O–H groups in total. The molecular weight excluding hydrogens is 312 g/mol. The average molecular weight is 323 g/mol. The van der Waals surface area contributed by atoms with Gasteiger partial charge in [-0.15, -0.1) is 0 Å². The van der Waals surface area contributed by atoms with Crippen LogP contribution in [0.25, 0.3) is 10.9 Å². The van der Waals surface area contributed by atoms with E-state index in [4.69, 9.17) is 0 Å². The fourth-order valence-electron chi connectivity index (χ4n) is 2.57. The number of Topliss-reactive ketones (excluding diaryl/α,β-unsaturated/α-hetero) is 1. The molecule has 1 unspecified atom stereocenters. The van der Waals surface area contributed by atoms with E-state index < -0.39 is 4.92 Å². The maximum absolute atomic E-state index is 12.2. The number of aryl methyl sites for hydroxylation is 1. The summed E-state index contributed by atoms with van der Waals surface area (Å²) >= 11 is 3.39. The van der Waals surface area contributed by atoms with E-state index in [1.54, 1.807) is 12.1 Å². The molecule has 6 heteroatoms. The van der Waals surface area contributed by atoms with Gasteiger partial charge in [0.05, 0.1) is 15.4 Å². The van der Waals surface area contributed by atoms with Crippen LogP contribution in [0.2, 0.25) is 0 Å². The summed E-state index contributed by atoms with van der Waals surface area (Å²) in [5.74, 6) is 0.0337. The number of nitrogens with zero attached hydrogens (tertiary/aromatic N) is 1. The molecule has 0 saturated heterocycles. The Bertz CT molecular complexity index is 692. The van der Waals surface area contributed by atoms with E-state index in [1.165, 1.54) is 6.07 Å². The van der Waals surface area contributed by atoms with Crippen molar-refractivity contribution in [3.05, 3.63) is 39.6 Å². The normalized spacial score (nSPS) is 19.2. The molecule has 2 aromatic rings. The van der Waals surface area contributed by atoms with Crippen LogP contribution >= 0.6 is 15.9 Å². The summed E-state index contributed by atoms with van der Waals surface area (Å²) in [6, 6.07) is 4.67. The molecule has 1 aliphatic carbocycles. The number of hydrogen-bond acceptors (Lipinski definition) is 3. The Kier molecular flexibility index (Phi) is 2.89. The van der Waals surface area contributed by atoms with Crippen LogP contribution in [0, 0.1) is 10.1 Å². The van der Waals surface area contributed by atoms with E-state index in [1.807, 2.05) is 0 Å². The number of H-pyrrole nitrogens is 1. The Morgan fingerprint density at radius 3 is 2.95 bits per heavy atom. The fraction of sp³-hybridized carbons (Fsp3) is 0.308. The van der Waals surface area contributed by atoms with Gasteiger partial charge in [-0.2, -0.15) is 0 Å². The van der Waals surface area contributed by atoms with Crippen molar-refractivity contribution in [3.8, 4) is 0 Å². The van der Waals surface area contributed by atoms with Crippen molar-refractivity contribution in [1.82, 2.24) is 4.98 Å². The minimum Gasteiger partial charge on any atom is -0.352 e. The smallest absolute Gasteiger partial charge is 0.270 e. The first-order valence-electron chi connectivity index (χ1n) is 6.05. The molecule has 1 aromatic heterocycles. The third-order valence-electron chi connectivity index (χ3n) is 3.52. The van der Waals surface area contributed by atoms with Crippen LogP contribution in [0.1, 0.15) is 28.9 Å².